The fourth-order valence-corrected chi connectivity index (χ4v) is 1.83. The van der Waals surface area contributed by atoms with E-state index in [2.05, 4.69) is 0 Å². The zero-order valence-electron chi connectivity index (χ0n) is 10.1. The first-order valence-electron chi connectivity index (χ1n) is 5.79. The second-order valence-corrected chi connectivity index (χ2v) is 4.02. The largest absolute Gasteiger partial charge is 0.496 e. The molecule has 0 bridgehead atoms. The van der Waals surface area contributed by atoms with Gasteiger partial charge in [0.15, 0.2) is 5.78 Å². The van der Waals surface area contributed by atoms with Gasteiger partial charge < -0.3 is 9.47 Å². The molecule has 0 saturated carbocycles. The van der Waals surface area contributed by atoms with Crippen LogP contribution in [0.1, 0.15) is 29.6 Å². The van der Waals surface area contributed by atoms with Crippen molar-refractivity contribution in [2.24, 2.45) is 0 Å². The number of benzene rings is 1. The Morgan fingerprint density at radius 3 is 2.72 bits per heavy atom. The molecule has 1 aliphatic carbocycles. The van der Waals surface area contributed by atoms with Crippen LogP contribution in [-0.2, 0) is 9.53 Å². The summed E-state index contributed by atoms with van der Waals surface area (Å²) in [7, 11) is 1.50. The van der Waals surface area contributed by atoms with Gasteiger partial charge >= 0.3 is 5.97 Å². The Kier molecular flexibility index (Phi) is 3.77. The average molecular weight is 246 g/mol. The highest BCUT2D eigenvalue weighted by molar-refractivity contribution is 5.95. The molecule has 0 N–H and O–H groups in total. The number of allylic oxidation sites excluding steroid dienone is 2. The van der Waals surface area contributed by atoms with Crippen LogP contribution >= 0.6 is 0 Å². The Labute approximate surface area is 105 Å². The van der Waals surface area contributed by atoms with Gasteiger partial charge in [0.1, 0.15) is 17.1 Å². The van der Waals surface area contributed by atoms with E-state index in [1.54, 1.807) is 24.3 Å². The third-order valence-electron chi connectivity index (χ3n) is 2.72. The Morgan fingerprint density at radius 1 is 1.22 bits per heavy atom. The van der Waals surface area contributed by atoms with Gasteiger partial charge in [0, 0.05) is 18.9 Å². The van der Waals surface area contributed by atoms with Crippen molar-refractivity contribution in [1.82, 2.24) is 0 Å². The lowest BCUT2D eigenvalue weighted by molar-refractivity contribution is -0.115. The third kappa shape index (κ3) is 2.77. The van der Waals surface area contributed by atoms with Crippen molar-refractivity contribution in [1.29, 1.82) is 0 Å². The number of ketones is 1. The predicted octanol–water partition coefficient (Wildman–Crippen LogP) is 2.49. The standard InChI is InChI=1S/C14H14O4/c1-17-13-8-3-2-7-12(13)14(16)18-11-6-4-5-10(15)9-11/h2-3,7-9H,4-6H2,1H3. The lowest BCUT2D eigenvalue weighted by Crippen LogP contribution is -2.11. The molecule has 0 spiro atoms. The molecule has 0 unspecified atom stereocenters. The quantitative estimate of drug-likeness (QED) is 0.769. The number of carbonyl (C=O) groups excluding carboxylic acids is 2. The molecular formula is C14H14O4. The van der Waals surface area contributed by atoms with E-state index in [0.29, 0.717) is 29.9 Å². The molecule has 94 valence electrons. The summed E-state index contributed by atoms with van der Waals surface area (Å²) < 4.78 is 10.3. The number of rotatable bonds is 3. The summed E-state index contributed by atoms with van der Waals surface area (Å²) >= 11 is 0. The van der Waals surface area contributed by atoms with Gasteiger partial charge in [-0.3, -0.25) is 4.79 Å². The van der Waals surface area contributed by atoms with E-state index in [9.17, 15) is 9.59 Å². The maximum atomic E-state index is 11.9. The summed E-state index contributed by atoms with van der Waals surface area (Å²) in [5.74, 6) is 0.407. The molecule has 4 heteroatoms. The van der Waals surface area contributed by atoms with Gasteiger partial charge in [-0.05, 0) is 18.6 Å². The van der Waals surface area contributed by atoms with E-state index in [1.165, 1.54) is 13.2 Å². The zero-order chi connectivity index (χ0) is 13.0. The number of para-hydroxylation sites is 1. The molecule has 2 rings (SSSR count). The fourth-order valence-electron chi connectivity index (χ4n) is 1.83. The summed E-state index contributed by atoms with van der Waals surface area (Å²) in [6.45, 7) is 0. The van der Waals surface area contributed by atoms with Gasteiger partial charge in [-0.2, -0.15) is 0 Å². The molecule has 1 aromatic rings. The molecule has 0 heterocycles. The van der Waals surface area contributed by atoms with Gasteiger partial charge in [-0.15, -0.1) is 0 Å². The molecule has 0 aliphatic heterocycles. The molecule has 0 amide bonds. The van der Waals surface area contributed by atoms with Crippen molar-refractivity contribution in [3.8, 4) is 5.75 Å². The molecule has 0 atom stereocenters. The molecule has 1 aromatic carbocycles. The van der Waals surface area contributed by atoms with Crippen molar-refractivity contribution in [2.75, 3.05) is 7.11 Å². The SMILES string of the molecule is COc1ccccc1C(=O)OC1=CC(=O)CCC1. The molecule has 18 heavy (non-hydrogen) atoms. The van der Waals surface area contributed by atoms with Gasteiger partial charge in [0.25, 0.3) is 0 Å². The topological polar surface area (TPSA) is 52.6 Å². The number of methoxy groups -OCH3 is 1. The maximum absolute atomic E-state index is 11.9. The van der Waals surface area contributed by atoms with Crippen LogP contribution in [0.4, 0.5) is 0 Å². The Bertz CT molecular complexity index is 502. The zero-order valence-corrected chi connectivity index (χ0v) is 10.1. The lowest BCUT2D eigenvalue weighted by atomic mass is 10.1. The van der Waals surface area contributed by atoms with E-state index < -0.39 is 5.97 Å². The molecule has 0 fully saturated rings. The van der Waals surface area contributed by atoms with E-state index in [-0.39, 0.29) is 5.78 Å². The number of ether oxygens (including phenoxy) is 2. The van der Waals surface area contributed by atoms with Gasteiger partial charge in [-0.1, -0.05) is 12.1 Å². The van der Waals surface area contributed by atoms with Crippen LogP contribution < -0.4 is 4.74 Å². The minimum absolute atomic E-state index is 0.00377. The average Bonchev–Trinajstić information content (AvgIpc) is 2.38. The Balaban J connectivity index is 2.14. The van der Waals surface area contributed by atoms with Gasteiger partial charge in [0.05, 0.1) is 7.11 Å². The van der Waals surface area contributed by atoms with E-state index in [0.717, 1.165) is 6.42 Å². The molecule has 4 nitrogen and oxygen atoms in total. The Hall–Kier alpha value is -2.10. The second-order valence-electron chi connectivity index (χ2n) is 4.02. The van der Waals surface area contributed by atoms with Crippen LogP contribution in [0, 0.1) is 0 Å². The summed E-state index contributed by atoms with van der Waals surface area (Å²) in [4.78, 5) is 23.2. The van der Waals surface area contributed by atoms with Crippen LogP contribution in [0.5, 0.6) is 5.75 Å². The van der Waals surface area contributed by atoms with Crippen molar-refractivity contribution < 1.29 is 19.1 Å². The van der Waals surface area contributed by atoms with Gasteiger partial charge in [-0.25, -0.2) is 4.79 Å². The molecular weight excluding hydrogens is 232 g/mol. The van der Waals surface area contributed by atoms with Crippen molar-refractivity contribution in [3.05, 3.63) is 41.7 Å². The van der Waals surface area contributed by atoms with Crippen LogP contribution in [-0.4, -0.2) is 18.9 Å². The predicted molar refractivity (Wildman–Crippen MR) is 65.4 cm³/mol. The monoisotopic (exact) mass is 246 g/mol. The van der Waals surface area contributed by atoms with Crippen molar-refractivity contribution in [2.45, 2.75) is 19.3 Å². The molecule has 0 radical (unpaired) electrons. The van der Waals surface area contributed by atoms with Crippen molar-refractivity contribution >= 4 is 11.8 Å². The number of hydrogen-bond donors (Lipinski definition) is 0. The normalized spacial score (nSPS) is 14.9. The first-order valence-corrected chi connectivity index (χ1v) is 5.79. The highest BCUT2D eigenvalue weighted by Gasteiger charge is 2.18. The third-order valence-corrected chi connectivity index (χ3v) is 2.72. The van der Waals surface area contributed by atoms with E-state index in [4.69, 9.17) is 9.47 Å². The lowest BCUT2D eigenvalue weighted by Gasteiger charge is -2.13. The molecule has 0 aromatic heterocycles. The first-order chi connectivity index (χ1) is 8.70. The summed E-state index contributed by atoms with van der Waals surface area (Å²) in [5.41, 5.74) is 0.360. The number of hydrogen-bond acceptors (Lipinski definition) is 4. The Morgan fingerprint density at radius 2 is 2.00 bits per heavy atom. The van der Waals surface area contributed by atoms with Crippen molar-refractivity contribution in [3.63, 3.8) is 0 Å². The number of carbonyl (C=O) groups is 2. The van der Waals surface area contributed by atoms with E-state index in [1.807, 2.05) is 0 Å². The van der Waals surface area contributed by atoms with Crippen LogP contribution in [0.25, 0.3) is 0 Å². The molecule has 0 saturated heterocycles. The second kappa shape index (κ2) is 5.49. The van der Waals surface area contributed by atoms with Gasteiger partial charge in [0.2, 0.25) is 0 Å². The highest BCUT2D eigenvalue weighted by Crippen LogP contribution is 2.22. The number of esters is 1. The first kappa shape index (κ1) is 12.4. The summed E-state index contributed by atoms with van der Waals surface area (Å²) in [6, 6.07) is 6.84. The highest BCUT2D eigenvalue weighted by atomic mass is 16.5. The van der Waals surface area contributed by atoms with Crippen LogP contribution in [0.2, 0.25) is 0 Å². The summed E-state index contributed by atoms with van der Waals surface area (Å²) in [5, 5.41) is 0. The minimum Gasteiger partial charge on any atom is -0.496 e. The maximum Gasteiger partial charge on any atom is 0.347 e. The van der Waals surface area contributed by atoms with E-state index >= 15 is 0 Å². The fraction of sp³-hybridized carbons (Fsp3) is 0.286. The van der Waals surface area contributed by atoms with Crippen LogP contribution in [0.3, 0.4) is 0 Å². The minimum atomic E-state index is -0.492. The summed E-state index contributed by atoms with van der Waals surface area (Å²) in [6.07, 6.45) is 3.27. The smallest absolute Gasteiger partial charge is 0.347 e. The van der Waals surface area contributed by atoms with Crippen LogP contribution in [0.15, 0.2) is 36.1 Å². The molecule has 1 aliphatic rings.